The van der Waals surface area contributed by atoms with Crippen molar-refractivity contribution < 1.29 is 41.9 Å². The van der Waals surface area contributed by atoms with Gasteiger partial charge in [-0.25, -0.2) is 4.79 Å². The molecule has 1 rings (SSSR count). The van der Waals surface area contributed by atoms with Crippen molar-refractivity contribution in [1.29, 1.82) is 0 Å². The van der Waals surface area contributed by atoms with Crippen molar-refractivity contribution in [3.63, 3.8) is 0 Å². The second-order valence-corrected chi connectivity index (χ2v) is 14.1. The van der Waals surface area contributed by atoms with Crippen molar-refractivity contribution in [3.8, 4) is 0 Å². The molecular weight excluding hydrogens is 605 g/mol. The lowest BCUT2D eigenvalue weighted by molar-refractivity contribution is -0.141. The molecule has 230 valence electrons. The van der Waals surface area contributed by atoms with E-state index in [-0.39, 0.29) is 45.7 Å². The Morgan fingerprint density at radius 2 is 1.32 bits per heavy atom. The molecule has 40 heavy (non-hydrogen) atoms. The van der Waals surface area contributed by atoms with Gasteiger partial charge in [-0.2, -0.15) is 0 Å². The number of rotatable bonds is 22. The van der Waals surface area contributed by atoms with Crippen LogP contribution in [0.3, 0.4) is 0 Å². The third-order valence-electron chi connectivity index (χ3n) is 5.68. The Bertz CT molecular complexity index is 945. The summed E-state index contributed by atoms with van der Waals surface area (Å²) in [6.07, 6.45) is -0.519. The van der Waals surface area contributed by atoms with E-state index in [1.54, 1.807) is 39.8 Å². The Hall–Kier alpha value is -1.16. The van der Waals surface area contributed by atoms with E-state index in [2.05, 4.69) is 5.32 Å². The molecule has 15 heteroatoms. The van der Waals surface area contributed by atoms with Gasteiger partial charge in [0.1, 0.15) is 6.04 Å². The van der Waals surface area contributed by atoms with Crippen molar-refractivity contribution in [1.82, 2.24) is 5.32 Å². The molecule has 0 bridgehead atoms. The summed E-state index contributed by atoms with van der Waals surface area (Å²) in [5.74, 6) is -0.990. The molecule has 2 N–H and O–H groups in total. The molecule has 0 unspecified atom stereocenters. The molecule has 1 aromatic carbocycles. The van der Waals surface area contributed by atoms with Crippen LogP contribution in [0.2, 0.25) is 0 Å². The third kappa shape index (κ3) is 11.6. The molecule has 0 heterocycles. The molecule has 11 nitrogen and oxygen atoms in total. The Balaban J connectivity index is 3.06. The van der Waals surface area contributed by atoms with Gasteiger partial charge in [-0.1, -0.05) is 12.1 Å². The number of aliphatic carboxylic acids is 1. The van der Waals surface area contributed by atoms with Gasteiger partial charge < -0.3 is 33.4 Å². The maximum atomic E-state index is 13.6. The van der Waals surface area contributed by atoms with E-state index in [1.165, 1.54) is 0 Å². The van der Waals surface area contributed by atoms with Crippen LogP contribution in [0.25, 0.3) is 0 Å². The lowest BCUT2D eigenvalue weighted by atomic mass is 10.0. The van der Waals surface area contributed by atoms with Gasteiger partial charge in [-0.3, -0.25) is 13.9 Å². The van der Waals surface area contributed by atoms with Crippen molar-refractivity contribution >= 4 is 56.0 Å². The predicted octanol–water partition coefficient (Wildman–Crippen LogP) is 5.72. The molecule has 0 saturated carbocycles. The number of hydrogen-bond donors (Lipinski definition) is 2. The van der Waals surface area contributed by atoms with Crippen LogP contribution in [0.15, 0.2) is 24.3 Å². The summed E-state index contributed by atoms with van der Waals surface area (Å²) in [6.45, 7) is 7.70. The number of nitrogens with zero attached hydrogens (tertiary/aromatic N) is 1. The van der Waals surface area contributed by atoms with Crippen LogP contribution >= 0.6 is 38.4 Å². The van der Waals surface area contributed by atoms with Crippen LogP contribution in [0.4, 0.5) is 5.69 Å². The van der Waals surface area contributed by atoms with E-state index < -0.39 is 38.5 Å². The molecule has 0 aliphatic heterocycles. The topological polar surface area (TPSA) is 141 Å². The molecule has 0 saturated heterocycles. The van der Waals surface area contributed by atoms with Crippen LogP contribution in [0.1, 0.15) is 46.1 Å². The van der Waals surface area contributed by atoms with Crippen LogP contribution in [-0.2, 0) is 43.2 Å². The summed E-state index contributed by atoms with van der Waals surface area (Å²) in [5.41, 5.74) is 1.59. The highest BCUT2D eigenvalue weighted by atomic mass is 35.5. The first-order valence-electron chi connectivity index (χ1n) is 13.3. The van der Waals surface area contributed by atoms with Crippen molar-refractivity contribution in [2.75, 3.05) is 56.2 Å². The Morgan fingerprint density at radius 3 is 1.70 bits per heavy atom. The zero-order chi connectivity index (χ0) is 30.2. The summed E-state index contributed by atoms with van der Waals surface area (Å²) < 4.78 is 48.9. The minimum atomic E-state index is -4.03. The van der Waals surface area contributed by atoms with Gasteiger partial charge in [0.25, 0.3) is 0 Å². The highest BCUT2D eigenvalue weighted by Crippen LogP contribution is 2.71. The van der Waals surface area contributed by atoms with Crippen LogP contribution < -0.4 is 10.2 Å². The average molecular weight is 647 g/mol. The van der Waals surface area contributed by atoms with E-state index in [0.29, 0.717) is 30.4 Å². The third-order valence-corrected chi connectivity index (χ3v) is 12.2. The summed E-state index contributed by atoms with van der Waals surface area (Å²) in [7, 11) is -8.06. The molecule has 1 atom stereocenters. The molecule has 0 aliphatic rings. The SMILES string of the molecule is CCOP(=O)(OCC)C(CCC(=O)N[C@@H](Cc1ccc(N(CCCl)CCCl)cc1)C(=O)O)P(=O)(OCC)OCC. The molecule has 0 spiro atoms. The first kappa shape index (κ1) is 36.9. The molecular formula is C25H42Cl2N2O9P2. The smallest absolute Gasteiger partial charge is 0.345 e. The second-order valence-electron chi connectivity index (χ2n) is 8.46. The fourth-order valence-electron chi connectivity index (χ4n) is 4.01. The molecule has 0 fully saturated rings. The number of carboxylic acids is 1. The van der Waals surface area contributed by atoms with Gasteiger partial charge in [0.05, 0.1) is 26.4 Å². The van der Waals surface area contributed by atoms with E-state index >= 15 is 0 Å². The van der Waals surface area contributed by atoms with Gasteiger partial charge in [-0.05, 0) is 51.8 Å². The minimum Gasteiger partial charge on any atom is -0.480 e. The number of nitrogens with one attached hydrogen (secondary N) is 1. The summed E-state index contributed by atoms with van der Waals surface area (Å²) in [6, 6.07) is 6.03. The van der Waals surface area contributed by atoms with Gasteiger partial charge in [-0.15, -0.1) is 23.2 Å². The first-order chi connectivity index (χ1) is 19.0. The number of carbonyl (C=O) groups excluding carboxylic acids is 1. The van der Waals surface area contributed by atoms with Gasteiger partial charge in [0.2, 0.25) is 5.91 Å². The number of benzene rings is 1. The number of carbonyl (C=O) groups is 2. The van der Waals surface area contributed by atoms with Gasteiger partial charge in [0, 0.05) is 43.4 Å². The zero-order valence-electron chi connectivity index (χ0n) is 23.6. The maximum absolute atomic E-state index is 13.6. The quantitative estimate of drug-likeness (QED) is 0.119. The fourth-order valence-corrected chi connectivity index (χ4v) is 9.77. The van der Waals surface area contributed by atoms with Gasteiger partial charge >= 0.3 is 21.2 Å². The lowest BCUT2D eigenvalue weighted by Crippen LogP contribution is -2.42. The predicted molar refractivity (Wildman–Crippen MR) is 158 cm³/mol. The number of anilines is 1. The van der Waals surface area contributed by atoms with E-state index in [9.17, 15) is 23.8 Å². The van der Waals surface area contributed by atoms with E-state index in [0.717, 1.165) is 5.69 Å². The minimum absolute atomic E-state index is 0.00756. The molecule has 0 radical (unpaired) electrons. The highest BCUT2D eigenvalue weighted by Gasteiger charge is 2.50. The Kier molecular flexibility index (Phi) is 17.6. The average Bonchev–Trinajstić information content (AvgIpc) is 2.89. The second kappa shape index (κ2) is 19.1. The number of halogens is 2. The highest BCUT2D eigenvalue weighted by molar-refractivity contribution is 7.72. The standard InChI is InChI=1S/C25H42Cl2N2O9P2/c1-5-35-39(33,36-6-2)24(40(34,37-7-3)38-8-4)14-13-23(30)28-22(25(31)32)19-20-9-11-21(12-10-20)29(17-15-26)18-16-27/h9-12,22,24H,5-8,13-19H2,1-4H3,(H,28,30)(H,31,32)/t22-/m0/s1. The molecule has 0 aliphatic carbocycles. The first-order valence-corrected chi connectivity index (χ1v) is 17.6. The van der Waals surface area contributed by atoms with Gasteiger partial charge in [0.15, 0.2) is 5.40 Å². The summed E-state index contributed by atoms with van der Waals surface area (Å²) in [5, 5.41) is 10.9. The summed E-state index contributed by atoms with van der Waals surface area (Å²) in [4.78, 5) is 26.9. The molecule has 1 aromatic rings. The number of amides is 1. The molecule has 1 amide bonds. The van der Waals surface area contributed by atoms with Crippen LogP contribution in [0, 0.1) is 0 Å². The maximum Gasteiger partial charge on any atom is 0.345 e. The van der Waals surface area contributed by atoms with E-state index in [1.807, 2.05) is 17.0 Å². The Labute approximate surface area is 247 Å². The fraction of sp³-hybridized carbons (Fsp3) is 0.680. The summed E-state index contributed by atoms with van der Waals surface area (Å²) >= 11 is 11.7. The largest absolute Gasteiger partial charge is 0.480 e. The van der Waals surface area contributed by atoms with E-state index in [4.69, 9.17) is 41.3 Å². The number of alkyl halides is 2. The normalized spacial score (nSPS) is 12.9. The Morgan fingerprint density at radius 1 is 0.875 bits per heavy atom. The monoisotopic (exact) mass is 646 g/mol. The lowest BCUT2D eigenvalue weighted by Gasteiger charge is -2.31. The van der Waals surface area contributed by atoms with Crippen molar-refractivity contribution in [2.24, 2.45) is 0 Å². The van der Waals surface area contributed by atoms with Crippen molar-refractivity contribution in [3.05, 3.63) is 29.8 Å². The number of hydrogen-bond acceptors (Lipinski definition) is 9. The zero-order valence-corrected chi connectivity index (χ0v) is 26.9. The molecule has 0 aromatic heterocycles. The van der Waals surface area contributed by atoms with Crippen LogP contribution in [0.5, 0.6) is 0 Å². The van der Waals surface area contributed by atoms with Crippen LogP contribution in [-0.4, -0.2) is 79.7 Å². The van der Waals surface area contributed by atoms with Crippen molar-refractivity contribution in [2.45, 2.75) is 58.4 Å². The number of carboxylic acid groups (broad SMARTS) is 1.